The Morgan fingerprint density at radius 2 is 1.94 bits per heavy atom. The van der Waals surface area contributed by atoms with Crippen molar-refractivity contribution in [1.82, 2.24) is 4.90 Å². The summed E-state index contributed by atoms with van der Waals surface area (Å²) in [6.07, 6.45) is 2.91. The Bertz CT molecular complexity index is 399. The van der Waals surface area contributed by atoms with Crippen molar-refractivity contribution in [2.24, 2.45) is 0 Å². The van der Waals surface area contributed by atoms with Crippen LogP contribution in [0.5, 0.6) is 0 Å². The van der Waals surface area contributed by atoms with E-state index in [-0.39, 0.29) is 5.54 Å². The first-order valence-corrected chi connectivity index (χ1v) is 6.64. The smallest absolute Gasteiger partial charge is 0.0635 e. The van der Waals surface area contributed by atoms with Crippen LogP contribution in [0.3, 0.4) is 0 Å². The summed E-state index contributed by atoms with van der Waals surface area (Å²) >= 11 is 0. The number of nitrogens with one attached hydrogen (secondary N) is 1. The first-order chi connectivity index (χ1) is 8.72. The summed E-state index contributed by atoms with van der Waals surface area (Å²) in [4.78, 5) is 2.39. The van der Waals surface area contributed by atoms with E-state index in [0.717, 1.165) is 32.5 Å². The number of anilines is 1. The van der Waals surface area contributed by atoms with Crippen LogP contribution < -0.4 is 5.32 Å². The Kier molecular flexibility index (Phi) is 4.22. The van der Waals surface area contributed by atoms with Crippen LogP contribution in [-0.2, 0) is 0 Å². The van der Waals surface area contributed by atoms with Crippen molar-refractivity contribution >= 4 is 5.69 Å². The van der Waals surface area contributed by atoms with E-state index in [0.29, 0.717) is 6.42 Å². The molecular weight excluding hydrogens is 222 g/mol. The molecular formula is C15H21N3. The van der Waals surface area contributed by atoms with Gasteiger partial charge in [-0.3, -0.25) is 0 Å². The van der Waals surface area contributed by atoms with Crippen LogP contribution in [0.4, 0.5) is 5.69 Å². The molecule has 1 fully saturated rings. The Balaban J connectivity index is 1.86. The number of hydrogen-bond donors (Lipinski definition) is 1. The molecule has 0 unspecified atom stereocenters. The summed E-state index contributed by atoms with van der Waals surface area (Å²) in [6.45, 7) is 5.37. The highest BCUT2D eigenvalue weighted by Crippen LogP contribution is 2.26. The zero-order valence-corrected chi connectivity index (χ0v) is 11.0. The van der Waals surface area contributed by atoms with Crippen LogP contribution in [0.2, 0.25) is 0 Å². The Hall–Kier alpha value is -1.53. The van der Waals surface area contributed by atoms with Crippen molar-refractivity contribution in [3.8, 4) is 6.07 Å². The van der Waals surface area contributed by atoms with Crippen LogP contribution in [0.25, 0.3) is 0 Å². The maximum atomic E-state index is 8.61. The number of para-hydroxylation sites is 1. The SMILES string of the molecule is CC1(Nc2ccccc2)CCN(CCC#N)CC1. The van der Waals surface area contributed by atoms with Gasteiger partial charge in [0.1, 0.15) is 0 Å². The molecule has 0 spiro atoms. The van der Waals surface area contributed by atoms with Crippen molar-refractivity contribution < 1.29 is 0 Å². The Morgan fingerprint density at radius 1 is 1.28 bits per heavy atom. The lowest BCUT2D eigenvalue weighted by atomic mass is 9.89. The Labute approximate surface area is 109 Å². The molecule has 0 aromatic heterocycles. The molecule has 3 heteroatoms. The number of benzene rings is 1. The number of piperidine rings is 1. The average molecular weight is 243 g/mol. The minimum atomic E-state index is 0.185. The topological polar surface area (TPSA) is 39.1 Å². The van der Waals surface area contributed by atoms with E-state index in [2.05, 4.69) is 47.5 Å². The average Bonchev–Trinajstić information content (AvgIpc) is 2.39. The summed E-state index contributed by atoms with van der Waals surface area (Å²) in [5, 5.41) is 12.2. The standard InChI is InChI=1S/C15H21N3/c1-15(17-14-6-3-2-4-7-14)8-12-18(13-9-15)11-5-10-16/h2-4,6-7,17H,5,8-9,11-13H2,1H3. The summed E-state index contributed by atoms with van der Waals surface area (Å²) in [6, 6.07) is 12.6. The van der Waals surface area contributed by atoms with E-state index < -0.39 is 0 Å². The Morgan fingerprint density at radius 3 is 2.56 bits per heavy atom. The molecule has 18 heavy (non-hydrogen) atoms. The first-order valence-electron chi connectivity index (χ1n) is 6.64. The largest absolute Gasteiger partial charge is 0.380 e. The predicted octanol–water partition coefficient (Wildman–Crippen LogP) is 2.87. The third-order valence-corrected chi connectivity index (χ3v) is 3.72. The van der Waals surface area contributed by atoms with Crippen LogP contribution in [0.1, 0.15) is 26.2 Å². The molecule has 96 valence electrons. The van der Waals surface area contributed by atoms with Gasteiger partial charge in [-0.2, -0.15) is 5.26 Å². The second-order valence-corrected chi connectivity index (χ2v) is 5.30. The van der Waals surface area contributed by atoms with Crippen LogP contribution >= 0.6 is 0 Å². The summed E-state index contributed by atoms with van der Waals surface area (Å²) in [7, 11) is 0. The van der Waals surface area contributed by atoms with Crippen molar-refractivity contribution in [2.75, 3.05) is 25.0 Å². The van der Waals surface area contributed by atoms with E-state index >= 15 is 0 Å². The highest BCUT2D eigenvalue weighted by molar-refractivity contribution is 5.45. The number of rotatable bonds is 4. The molecule has 0 aliphatic carbocycles. The molecule has 0 saturated carbocycles. The fourth-order valence-electron chi connectivity index (χ4n) is 2.47. The van der Waals surface area contributed by atoms with E-state index in [1.807, 2.05) is 6.07 Å². The lowest BCUT2D eigenvalue weighted by molar-refractivity contribution is 0.185. The van der Waals surface area contributed by atoms with E-state index in [9.17, 15) is 0 Å². The summed E-state index contributed by atoms with van der Waals surface area (Å²) in [5.41, 5.74) is 1.38. The summed E-state index contributed by atoms with van der Waals surface area (Å²) < 4.78 is 0. The lowest BCUT2D eigenvalue weighted by Crippen LogP contribution is -2.47. The number of nitriles is 1. The maximum absolute atomic E-state index is 8.61. The van der Waals surface area contributed by atoms with Crippen molar-refractivity contribution in [1.29, 1.82) is 5.26 Å². The van der Waals surface area contributed by atoms with Gasteiger partial charge in [-0.05, 0) is 31.9 Å². The minimum absolute atomic E-state index is 0.185. The highest BCUT2D eigenvalue weighted by atomic mass is 15.1. The van der Waals surface area contributed by atoms with Crippen LogP contribution in [-0.4, -0.2) is 30.1 Å². The lowest BCUT2D eigenvalue weighted by Gasteiger charge is -2.40. The van der Waals surface area contributed by atoms with E-state index in [4.69, 9.17) is 5.26 Å². The molecule has 1 aliphatic rings. The van der Waals surface area contributed by atoms with Crippen LogP contribution in [0, 0.1) is 11.3 Å². The second-order valence-electron chi connectivity index (χ2n) is 5.30. The second kappa shape index (κ2) is 5.88. The third kappa shape index (κ3) is 3.48. The number of hydrogen-bond acceptors (Lipinski definition) is 3. The maximum Gasteiger partial charge on any atom is 0.0635 e. The zero-order valence-electron chi connectivity index (χ0n) is 11.0. The van der Waals surface area contributed by atoms with E-state index in [1.165, 1.54) is 5.69 Å². The molecule has 1 aromatic rings. The molecule has 0 atom stereocenters. The molecule has 2 rings (SSSR count). The van der Waals surface area contributed by atoms with Gasteiger partial charge in [0, 0.05) is 37.3 Å². The van der Waals surface area contributed by atoms with Gasteiger partial charge in [0.2, 0.25) is 0 Å². The molecule has 1 heterocycles. The molecule has 1 aliphatic heterocycles. The molecule has 0 amide bonds. The zero-order chi connectivity index (χ0) is 12.8. The van der Waals surface area contributed by atoms with Gasteiger partial charge < -0.3 is 10.2 Å². The molecule has 1 saturated heterocycles. The first kappa shape index (κ1) is 12.9. The quantitative estimate of drug-likeness (QED) is 0.883. The normalized spacial score (nSPS) is 19.1. The van der Waals surface area contributed by atoms with E-state index in [1.54, 1.807) is 0 Å². The van der Waals surface area contributed by atoms with Gasteiger partial charge >= 0.3 is 0 Å². The third-order valence-electron chi connectivity index (χ3n) is 3.72. The van der Waals surface area contributed by atoms with Crippen LogP contribution in [0.15, 0.2) is 30.3 Å². The number of nitrogens with zero attached hydrogens (tertiary/aromatic N) is 2. The fourth-order valence-corrected chi connectivity index (χ4v) is 2.47. The minimum Gasteiger partial charge on any atom is -0.380 e. The molecule has 3 nitrogen and oxygen atoms in total. The monoisotopic (exact) mass is 243 g/mol. The van der Waals surface area contributed by atoms with Crippen molar-refractivity contribution in [3.63, 3.8) is 0 Å². The van der Waals surface area contributed by atoms with Gasteiger partial charge in [0.15, 0.2) is 0 Å². The van der Waals surface area contributed by atoms with Crippen molar-refractivity contribution in [2.45, 2.75) is 31.7 Å². The summed E-state index contributed by atoms with van der Waals surface area (Å²) in [5.74, 6) is 0. The highest BCUT2D eigenvalue weighted by Gasteiger charge is 2.29. The molecule has 1 N–H and O–H groups in total. The molecule has 0 radical (unpaired) electrons. The van der Waals surface area contributed by atoms with Crippen molar-refractivity contribution in [3.05, 3.63) is 30.3 Å². The number of likely N-dealkylation sites (tertiary alicyclic amines) is 1. The van der Waals surface area contributed by atoms with Gasteiger partial charge in [0.25, 0.3) is 0 Å². The van der Waals surface area contributed by atoms with Gasteiger partial charge in [-0.25, -0.2) is 0 Å². The van der Waals surface area contributed by atoms with Gasteiger partial charge in [0.05, 0.1) is 6.07 Å². The molecule has 0 bridgehead atoms. The molecule has 1 aromatic carbocycles. The fraction of sp³-hybridized carbons (Fsp3) is 0.533. The van der Waals surface area contributed by atoms with Gasteiger partial charge in [-0.1, -0.05) is 18.2 Å². The van der Waals surface area contributed by atoms with Gasteiger partial charge in [-0.15, -0.1) is 0 Å². The predicted molar refractivity (Wildman–Crippen MR) is 74.4 cm³/mol.